The molecule has 3 heterocycles. The number of nitrogens with one attached hydrogen (secondary N) is 3. The predicted molar refractivity (Wildman–Crippen MR) is 124 cm³/mol. The third kappa shape index (κ3) is 4.37. The van der Waals surface area contributed by atoms with Gasteiger partial charge in [-0.05, 0) is 31.2 Å². The van der Waals surface area contributed by atoms with Crippen LogP contribution in [0.25, 0.3) is 22.2 Å². The summed E-state index contributed by atoms with van der Waals surface area (Å²) in [6.45, 7) is 5.01. The highest BCUT2D eigenvalue weighted by Crippen LogP contribution is 2.29. The maximum absolute atomic E-state index is 12.9. The van der Waals surface area contributed by atoms with Crippen LogP contribution in [0, 0.1) is 5.92 Å². The van der Waals surface area contributed by atoms with Gasteiger partial charge in [0, 0.05) is 49.4 Å². The van der Waals surface area contributed by atoms with Crippen molar-refractivity contribution < 1.29 is 9.59 Å². The lowest BCUT2D eigenvalue weighted by Gasteiger charge is -2.29. The zero-order valence-corrected chi connectivity index (χ0v) is 18.0. The molecule has 8 heteroatoms. The lowest BCUT2D eigenvalue weighted by molar-refractivity contribution is -0.133. The largest absolute Gasteiger partial charge is 0.339 e. The fourth-order valence-electron chi connectivity index (χ4n) is 4.55. The molecule has 2 aliphatic heterocycles. The normalized spacial score (nSPS) is 19.4. The summed E-state index contributed by atoms with van der Waals surface area (Å²) >= 11 is 0. The SMILES string of the molecule is O=C(Nc1ccc2[nH]nc(-c3ccccc3)c2c1)C1CCN(CC(=O)N2CCNCC2)C1. The maximum Gasteiger partial charge on any atom is 0.236 e. The number of aromatic amines is 1. The van der Waals surface area contributed by atoms with Crippen molar-refractivity contribution in [3.05, 3.63) is 48.5 Å². The maximum atomic E-state index is 12.9. The molecule has 2 fully saturated rings. The van der Waals surface area contributed by atoms with Gasteiger partial charge in [-0.2, -0.15) is 5.10 Å². The van der Waals surface area contributed by atoms with Crippen LogP contribution in [0.5, 0.6) is 0 Å². The molecular formula is C24H28N6O2. The van der Waals surface area contributed by atoms with Crippen LogP contribution in [0.15, 0.2) is 48.5 Å². The van der Waals surface area contributed by atoms with Gasteiger partial charge in [0.1, 0.15) is 0 Å². The van der Waals surface area contributed by atoms with Gasteiger partial charge in [0.15, 0.2) is 0 Å². The number of benzene rings is 2. The van der Waals surface area contributed by atoms with Crippen LogP contribution in [0.1, 0.15) is 6.42 Å². The predicted octanol–water partition coefficient (Wildman–Crippen LogP) is 1.92. The molecule has 0 radical (unpaired) electrons. The van der Waals surface area contributed by atoms with Gasteiger partial charge in [0.25, 0.3) is 0 Å². The third-order valence-electron chi connectivity index (χ3n) is 6.35. The van der Waals surface area contributed by atoms with Crippen LogP contribution in [-0.4, -0.2) is 77.6 Å². The zero-order valence-electron chi connectivity index (χ0n) is 18.0. The van der Waals surface area contributed by atoms with Crippen LogP contribution < -0.4 is 10.6 Å². The van der Waals surface area contributed by atoms with Crippen LogP contribution in [0.4, 0.5) is 5.69 Å². The van der Waals surface area contributed by atoms with Gasteiger partial charge in [-0.1, -0.05) is 30.3 Å². The molecule has 0 saturated carbocycles. The molecule has 3 N–H and O–H groups in total. The number of hydrogen-bond donors (Lipinski definition) is 3. The van der Waals surface area contributed by atoms with Crippen molar-refractivity contribution in [2.24, 2.45) is 5.92 Å². The topological polar surface area (TPSA) is 93.4 Å². The number of aromatic nitrogens is 2. The highest BCUT2D eigenvalue weighted by molar-refractivity contribution is 5.99. The molecule has 0 aliphatic carbocycles. The van der Waals surface area contributed by atoms with E-state index >= 15 is 0 Å². The number of anilines is 1. The number of carbonyl (C=O) groups is 2. The summed E-state index contributed by atoms with van der Waals surface area (Å²) in [4.78, 5) is 29.4. The Kier molecular flexibility index (Phi) is 5.87. The number of carbonyl (C=O) groups excluding carboxylic acids is 2. The second-order valence-corrected chi connectivity index (χ2v) is 8.54. The first-order valence-electron chi connectivity index (χ1n) is 11.2. The third-order valence-corrected chi connectivity index (χ3v) is 6.35. The van der Waals surface area contributed by atoms with E-state index in [0.717, 1.165) is 67.0 Å². The summed E-state index contributed by atoms with van der Waals surface area (Å²) in [6.07, 6.45) is 0.768. The first kappa shape index (κ1) is 20.7. The molecule has 2 aliphatic rings. The van der Waals surface area contributed by atoms with Crippen molar-refractivity contribution in [2.45, 2.75) is 6.42 Å². The van der Waals surface area contributed by atoms with E-state index in [-0.39, 0.29) is 17.7 Å². The number of rotatable bonds is 5. The van der Waals surface area contributed by atoms with Crippen LogP contribution in [-0.2, 0) is 9.59 Å². The quantitative estimate of drug-likeness (QED) is 0.573. The van der Waals surface area contributed by atoms with E-state index in [0.29, 0.717) is 13.1 Å². The van der Waals surface area contributed by atoms with E-state index in [2.05, 4.69) is 25.7 Å². The number of hydrogen-bond acceptors (Lipinski definition) is 5. The molecule has 5 rings (SSSR count). The van der Waals surface area contributed by atoms with Crippen LogP contribution in [0.2, 0.25) is 0 Å². The van der Waals surface area contributed by atoms with Crippen LogP contribution >= 0.6 is 0 Å². The average molecular weight is 433 g/mol. The first-order valence-corrected chi connectivity index (χ1v) is 11.2. The molecular weight excluding hydrogens is 404 g/mol. The fourth-order valence-corrected chi connectivity index (χ4v) is 4.55. The molecule has 1 atom stereocenters. The van der Waals surface area contributed by atoms with Gasteiger partial charge < -0.3 is 15.5 Å². The summed E-state index contributed by atoms with van der Waals surface area (Å²) < 4.78 is 0. The van der Waals surface area contributed by atoms with E-state index < -0.39 is 0 Å². The molecule has 1 aromatic heterocycles. The molecule has 2 amide bonds. The Labute approximate surface area is 187 Å². The van der Waals surface area contributed by atoms with Gasteiger partial charge in [0.05, 0.1) is 23.7 Å². The lowest BCUT2D eigenvalue weighted by Crippen LogP contribution is -2.49. The molecule has 166 valence electrons. The summed E-state index contributed by atoms with van der Waals surface area (Å²) in [6, 6.07) is 15.8. The van der Waals surface area contributed by atoms with Gasteiger partial charge in [-0.25, -0.2) is 0 Å². The summed E-state index contributed by atoms with van der Waals surface area (Å²) in [5, 5.41) is 14.8. The van der Waals surface area contributed by atoms with Gasteiger partial charge in [-0.3, -0.25) is 19.6 Å². The molecule has 2 aromatic carbocycles. The summed E-state index contributed by atoms with van der Waals surface area (Å²) in [5.74, 6) is 0.0529. The Morgan fingerprint density at radius 3 is 2.69 bits per heavy atom. The number of nitrogens with zero attached hydrogens (tertiary/aromatic N) is 3. The van der Waals surface area contributed by atoms with Crippen molar-refractivity contribution in [2.75, 3.05) is 51.1 Å². The summed E-state index contributed by atoms with van der Waals surface area (Å²) in [5.41, 5.74) is 3.59. The highest BCUT2D eigenvalue weighted by Gasteiger charge is 2.30. The molecule has 0 bridgehead atoms. The second-order valence-electron chi connectivity index (χ2n) is 8.54. The average Bonchev–Trinajstić information content (AvgIpc) is 3.47. The number of fused-ring (bicyclic) bond motifs is 1. The molecule has 32 heavy (non-hydrogen) atoms. The van der Waals surface area contributed by atoms with Gasteiger partial charge >= 0.3 is 0 Å². The van der Waals surface area contributed by atoms with E-state index in [1.165, 1.54) is 0 Å². The molecule has 0 spiro atoms. The van der Waals surface area contributed by atoms with Gasteiger partial charge in [-0.15, -0.1) is 0 Å². The van der Waals surface area contributed by atoms with Crippen molar-refractivity contribution in [1.29, 1.82) is 0 Å². The minimum atomic E-state index is -0.112. The van der Waals surface area contributed by atoms with Crippen LogP contribution in [0.3, 0.4) is 0 Å². The fraction of sp³-hybridized carbons (Fsp3) is 0.375. The molecule has 1 unspecified atom stereocenters. The Morgan fingerprint density at radius 2 is 1.88 bits per heavy atom. The van der Waals surface area contributed by atoms with Crippen molar-refractivity contribution in [3.63, 3.8) is 0 Å². The van der Waals surface area contributed by atoms with Crippen molar-refractivity contribution >= 4 is 28.4 Å². The number of H-pyrrole nitrogens is 1. The lowest BCUT2D eigenvalue weighted by atomic mass is 10.1. The number of piperazine rings is 1. The minimum Gasteiger partial charge on any atom is -0.339 e. The number of amides is 2. The standard InChI is InChI=1S/C24H28N6O2/c31-22(30-12-9-25-10-13-30)16-29-11-8-18(15-29)24(32)26-19-6-7-21-20(14-19)23(28-27-21)17-4-2-1-3-5-17/h1-7,14,18,25H,8-13,15-16H2,(H,26,32)(H,27,28). The molecule has 8 nitrogen and oxygen atoms in total. The Morgan fingerprint density at radius 1 is 1.06 bits per heavy atom. The highest BCUT2D eigenvalue weighted by atomic mass is 16.2. The Hall–Kier alpha value is -3.23. The second kappa shape index (κ2) is 9.10. The zero-order chi connectivity index (χ0) is 21.9. The number of likely N-dealkylation sites (tertiary alicyclic amines) is 1. The Balaban J connectivity index is 1.22. The monoisotopic (exact) mass is 432 g/mol. The van der Waals surface area contributed by atoms with Crippen molar-refractivity contribution in [3.8, 4) is 11.3 Å². The van der Waals surface area contributed by atoms with E-state index in [1.807, 2.05) is 53.4 Å². The minimum absolute atomic E-state index is 0.00577. The van der Waals surface area contributed by atoms with E-state index in [4.69, 9.17) is 0 Å². The molecule has 3 aromatic rings. The van der Waals surface area contributed by atoms with Crippen molar-refractivity contribution in [1.82, 2.24) is 25.3 Å². The summed E-state index contributed by atoms with van der Waals surface area (Å²) in [7, 11) is 0. The molecule has 2 saturated heterocycles. The Bertz CT molecular complexity index is 1110. The first-order chi connectivity index (χ1) is 15.7. The van der Waals surface area contributed by atoms with E-state index in [9.17, 15) is 9.59 Å². The van der Waals surface area contributed by atoms with E-state index in [1.54, 1.807) is 0 Å². The van der Waals surface area contributed by atoms with Gasteiger partial charge in [0.2, 0.25) is 11.8 Å². The smallest absolute Gasteiger partial charge is 0.236 e.